The van der Waals surface area contributed by atoms with Crippen LogP contribution in [0.4, 0.5) is 15.8 Å². The van der Waals surface area contributed by atoms with Gasteiger partial charge in [0, 0.05) is 38.1 Å². The highest BCUT2D eigenvalue weighted by Crippen LogP contribution is 2.28. The number of rotatable bonds is 7. The van der Waals surface area contributed by atoms with Crippen molar-refractivity contribution in [1.82, 2.24) is 10.2 Å². The van der Waals surface area contributed by atoms with Crippen LogP contribution in [0.15, 0.2) is 71.6 Å². The lowest BCUT2D eigenvalue weighted by atomic mass is 10.0. The summed E-state index contributed by atoms with van der Waals surface area (Å²) in [6.07, 6.45) is 1.12. The van der Waals surface area contributed by atoms with Gasteiger partial charge in [0.25, 0.3) is 0 Å². The summed E-state index contributed by atoms with van der Waals surface area (Å²) in [7, 11) is -3.65. The van der Waals surface area contributed by atoms with Gasteiger partial charge in [-0.05, 0) is 47.9 Å². The minimum atomic E-state index is -3.65. The van der Waals surface area contributed by atoms with Crippen LogP contribution >= 0.6 is 0 Å². The van der Waals surface area contributed by atoms with E-state index < -0.39 is 21.7 Å². The molecule has 200 valence electrons. The third-order valence-electron chi connectivity index (χ3n) is 6.65. The lowest BCUT2D eigenvalue weighted by Crippen LogP contribution is -2.52. The number of anilines is 2. The molecule has 1 aliphatic rings. The van der Waals surface area contributed by atoms with Crippen LogP contribution in [0, 0.1) is 12.7 Å². The molecule has 4 rings (SSSR count). The molecule has 3 N–H and O–H groups in total. The van der Waals surface area contributed by atoms with Crippen LogP contribution in [-0.4, -0.2) is 57.6 Å². The number of nitrogens with two attached hydrogens (primary N) is 1. The van der Waals surface area contributed by atoms with Gasteiger partial charge in [0.15, 0.2) is 9.84 Å². The van der Waals surface area contributed by atoms with Gasteiger partial charge in [0.05, 0.1) is 17.0 Å². The van der Waals surface area contributed by atoms with Gasteiger partial charge in [-0.3, -0.25) is 9.59 Å². The fourth-order valence-electron chi connectivity index (χ4n) is 4.53. The maximum atomic E-state index is 13.8. The fraction of sp³-hybridized carbons (Fsp3) is 0.286. The Hall–Kier alpha value is -3.92. The zero-order chi connectivity index (χ0) is 27.4. The van der Waals surface area contributed by atoms with Crippen molar-refractivity contribution in [2.24, 2.45) is 0 Å². The third kappa shape index (κ3) is 6.31. The summed E-state index contributed by atoms with van der Waals surface area (Å²) in [5.41, 5.74) is 9.33. The molecule has 3 aromatic carbocycles. The minimum Gasteiger partial charge on any atom is -0.399 e. The van der Waals surface area contributed by atoms with Crippen molar-refractivity contribution in [3.05, 3.63) is 89.2 Å². The molecular weight excluding hydrogens is 507 g/mol. The average Bonchev–Trinajstić information content (AvgIpc) is 2.89. The molecule has 0 aliphatic carbocycles. The highest BCUT2D eigenvalue weighted by atomic mass is 32.2. The monoisotopic (exact) mass is 538 g/mol. The molecule has 1 heterocycles. The van der Waals surface area contributed by atoms with Gasteiger partial charge in [-0.2, -0.15) is 0 Å². The number of nitrogens with one attached hydrogen (secondary N) is 1. The molecule has 1 unspecified atom stereocenters. The molecule has 38 heavy (non-hydrogen) atoms. The minimum absolute atomic E-state index is 0.0771. The number of hydrogen-bond donors (Lipinski definition) is 2. The van der Waals surface area contributed by atoms with Crippen molar-refractivity contribution in [3.63, 3.8) is 0 Å². The first-order valence-corrected chi connectivity index (χ1v) is 14.1. The van der Waals surface area contributed by atoms with Crippen LogP contribution in [0.5, 0.6) is 0 Å². The molecule has 2 amide bonds. The van der Waals surface area contributed by atoms with Gasteiger partial charge in [-0.25, -0.2) is 12.8 Å². The first-order chi connectivity index (χ1) is 18.0. The maximum Gasteiger partial charge on any atom is 0.249 e. The van der Waals surface area contributed by atoms with Crippen molar-refractivity contribution in [2.45, 2.75) is 24.3 Å². The standard InChI is InChI=1S/C28H31FN4O4S/c1-19-8-9-20(16-23(19)30)17-26(34)31-27(21-6-4-3-5-7-21)28(35)33-14-12-32(13-15-33)24-11-10-22(29)18-25(24)38(2,36)37/h3-11,16,18,27H,12-15,17,30H2,1-2H3,(H,31,34). The Morgan fingerprint density at radius 3 is 2.32 bits per heavy atom. The fourth-order valence-corrected chi connectivity index (χ4v) is 5.43. The van der Waals surface area contributed by atoms with Crippen LogP contribution in [0.2, 0.25) is 0 Å². The summed E-state index contributed by atoms with van der Waals surface area (Å²) in [4.78, 5) is 30.0. The molecular formula is C28H31FN4O4S. The van der Waals surface area contributed by atoms with E-state index in [4.69, 9.17) is 5.73 Å². The number of nitrogens with zero attached hydrogens (tertiary/aromatic N) is 2. The van der Waals surface area contributed by atoms with Crippen LogP contribution in [-0.2, 0) is 25.8 Å². The summed E-state index contributed by atoms with van der Waals surface area (Å²) >= 11 is 0. The lowest BCUT2D eigenvalue weighted by molar-refractivity contribution is -0.136. The molecule has 10 heteroatoms. The van der Waals surface area contributed by atoms with Crippen molar-refractivity contribution < 1.29 is 22.4 Å². The van der Waals surface area contributed by atoms with Crippen LogP contribution < -0.4 is 16.0 Å². The molecule has 1 aliphatic heterocycles. The third-order valence-corrected chi connectivity index (χ3v) is 7.77. The number of piperazine rings is 1. The van der Waals surface area contributed by atoms with Gasteiger partial charge in [0.1, 0.15) is 11.9 Å². The molecule has 0 spiro atoms. The molecule has 1 saturated heterocycles. The van der Waals surface area contributed by atoms with E-state index in [2.05, 4.69) is 5.32 Å². The molecule has 3 aromatic rings. The van der Waals surface area contributed by atoms with E-state index in [1.807, 2.05) is 42.2 Å². The number of carbonyl (C=O) groups excluding carboxylic acids is 2. The van der Waals surface area contributed by atoms with Crippen LogP contribution in [0.25, 0.3) is 0 Å². The summed E-state index contributed by atoms with van der Waals surface area (Å²) in [6.45, 7) is 3.23. The van der Waals surface area contributed by atoms with Gasteiger partial charge >= 0.3 is 0 Å². The Balaban J connectivity index is 1.49. The second kappa shape index (κ2) is 11.2. The summed E-state index contributed by atoms with van der Waals surface area (Å²) in [5, 5.41) is 2.89. The molecule has 8 nitrogen and oxygen atoms in total. The molecule has 0 bridgehead atoms. The number of aryl methyl sites for hydroxylation is 1. The predicted molar refractivity (Wildman–Crippen MR) is 145 cm³/mol. The lowest BCUT2D eigenvalue weighted by Gasteiger charge is -2.38. The first-order valence-electron chi connectivity index (χ1n) is 12.3. The van der Waals surface area contributed by atoms with E-state index in [0.29, 0.717) is 43.1 Å². The number of nitrogen functional groups attached to an aromatic ring is 1. The average molecular weight is 539 g/mol. The number of sulfone groups is 1. The quantitative estimate of drug-likeness (QED) is 0.448. The highest BCUT2D eigenvalue weighted by Gasteiger charge is 2.31. The normalized spacial score (nSPS) is 14.7. The number of amides is 2. The van der Waals surface area contributed by atoms with Gasteiger partial charge in [-0.1, -0.05) is 42.5 Å². The molecule has 0 aromatic heterocycles. The molecule has 1 atom stereocenters. The number of carbonyl (C=O) groups is 2. The highest BCUT2D eigenvalue weighted by molar-refractivity contribution is 7.90. The topological polar surface area (TPSA) is 113 Å². The molecule has 0 saturated carbocycles. The Bertz CT molecular complexity index is 1440. The number of halogens is 1. The van der Waals surface area contributed by atoms with Crippen LogP contribution in [0.1, 0.15) is 22.7 Å². The Morgan fingerprint density at radius 1 is 1.00 bits per heavy atom. The van der Waals surface area contributed by atoms with E-state index in [-0.39, 0.29) is 23.1 Å². The number of hydrogen-bond acceptors (Lipinski definition) is 6. The van der Waals surface area contributed by atoms with Crippen molar-refractivity contribution >= 4 is 33.0 Å². The van der Waals surface area contributed by atoms with Gasteiger partial charge in [-0.15, -0.1) is 0 Å². The van der Waals surface area contributed by atoms with Gasteiger partial charge in [0.2, 0.25) is 11.8 Å². The summed E-state index contributed by atoms with van der Waals surface area (Å²) < 4.78 is 38.2. The van der Waals surface area contributed by atoms with E-state index in [1.165, 1.54) is 12.1 Å². The van der Waals surface area contributed by atoms with Crippen molar-refractivity contribution in [1.29, 1.82) is 0 Å². The SMILES string of the molecule is Cc1ccc(CC(=O)NC(C(=O)N2CCN(c3ccc(F)cc3S(C)(=O)=O)CC2)c2ccccc2)cc1N. The van der Waals surface area contributed by atoms with Crippen molar-refractivity contribution in [3.8, 4) is 0 Å². The van der Waals surface area contributed by atoms with E-state index in [9.17, 15) is 22.4 Å². The second-order valence-electron chi connectivity index (χ2n) is 9.48. The number of benzene rings is 3. The maximum absolute atomic E-state index is 13.8. The van der Waals surface area contributed by atoms with E-state index in [0.717, 1.165) is 23.4 Å². The van der Waals surface area contributed by atoms with Gasteiger partial charge < -0.3 is 20.9 Å². The zero-order valence-electron chi connectivity index (χ0n) is 21.4. The Labute approximate surface area is 222 Å². The molecule has 1 fully saturated rings. The Kier molecular flexibility index (Phi) is 8.01. The second-order valence-corrected chi connectivity index (χ2v) is 11.5. The Morgan fingerprint density at radius 2 is 1.68 bits per heavy atom. The smallest absolute Gasteiger partial charge is 0.249 e. The van der Waals surface area contributed by atoms with Crippen molar-refractivity contribution in [2.75, 3.05) is 43.1 Å². The summed E-state index contributed by atoms with van der Waals surface area (Å²) in [5.74, 6) is -1.19. The zero-order valence-corrected chi connectivity index (χ0v) is 22.2. The van der Waals surface area contributed by atoms with E-state index >= 15 is 0 Å². The predicted octanol–water partition coefficient (Wildman–Crippen LogP) is 2.87. The molecule has 0 radical (unpaired) electrons. The largest absolute Gasteiger partial charge is 0.399 e. The first kappa shape index (κ1) is 27.1. The van der Waals surface area contributed by atoms with E-state index in [1.54, 1.807) is 23.1 Å². The van der Waals surface area contributed by atoms with Crippen LogP contribution in [0.3, 0.4) is 0 Å². The summed E-state index contributed by atoms with van der Waals surface area (Å²) in [6, 6.07) is 17.3.